The molecule has 0 bridgehead atoms. The molecule has 1 rings (SSSR count). The van der Waals surface area contributed by atoms with Crippen molar-refractivity contribution in [2.75, 3.05) is 7.05 Å². The van der Waals surface area contributed by atoms with E-state index < -0.39 is 0 Å². The van der Waals surface area contributed by atoms with Gasteiger partial charge in [-0.3, -0.25) is 4.99 Å². The zero-order chi connectivity index (χ0) is 10.8. The van der Waals surface area contributed by atoms with Crippen LogP contribution in [-0.4, -0.2) is 18.4 Å². The number of phenolic OH excluding ortho intramolecular Hbond substituents is 1. The van der Waals surface area contributed by atoms with Crippen LogP contribution in [-0.2, 0) is 5.41 Å². The number of nitrogens with zero attached hydrogens (tertiary/aromatic N) is 1. The Morgan fingerprint density at radius 1 is 1.29 bits per heavy atom. The molecule has 2 nitrogen and oxygen atoms in total. The summed E-state index contributed by atoms with van der Waals surface area (Å²) in [6, 6.07) is 5.64. The molecule has 0 saturated heterocycles. The number of aliphatic imine (C=N–C) groups is 1. The maximum atomic E-state index is 9.54. The average molecular weight is 191 g/mol. The zero-order valence-electron chi connectivity index (χ0n) is 9.20. The maximum absolute atomic E-state index is 9.54. The van der Waals surface area contributed by atoms with Crippen molar-refractivity contribution in [3.8, 4) is 5.75 Å². The highest BCUT2D eigenvalue weighted by atomic mass is 16.3. The summed E-state index contributed by atoms with van der Waals surface area (Å²) in [5.41, 5.74) is 2.08. The summed E-state index contributed by atoms with van der Waals surface area (Å²) in [4.78, 5) is 3.90. The van der Waals surface area contributed by atoms with Gasteiger partial charge in [-0.05, 0) is 23.1 Å². The van der Waals surface area contributed by atoms with Crippen molar-refractivity contribution in [3.63, 3.8) is 0 Å². The van der Waals surface area contributed by atoms with E-state index in [0.29, 0.717) is 0 Å². The van der Waals surface area contributed by atoms with Crippen molar-refractivity contribution >= 4 is 6.21 Å². The van der Waals surface area contributed by atoms with Crippen LogP contribution in [0, 0.1) is 0 Å². The molecule has 0 aromatic heterocycles. The number of phenols is 1. The topological polar surface area (TPSA) is 32.6 Å². The van der Waals surface area contributed by atoms with Crippen molar-refractivity contribution in [2.45, 2.75) is 26.2 Å². The Balaban J connectivity index is 3.19. The number of aromatic hydroxyl groups is 1. The summed E-state index contributed by atoms with van der Waals surface area (Å²) in [6.07, 6.45) is 1.67. The summed E-state index contributed by atoms with van der Waals surface area (Å²) < 4.78 is 0. The first-order valence-corrected chi connectivity index (χ1v) is 4.71. The van der Waals surface area contributed by atoms with Crippen LogP contribution < -0.4 is 0 Å². The Bertz CT molecular complexity index is 348. The second kappa shape index (κ2) is 3.82. The Morgan fingerprint density at radius 2 is 1.93 bits per heavy atom. The number of hydrogen-bond donors (Lipinski definition) is 1. The van der Waals surface area contributed by atoms with Gasteiger partial charge in [-0.1, -0.05) is 26.8 Å². The van der Waals surface area contributed by atoms with E-state index >= 15 is 0 Å². The minimum Gasteiger partial charge on any atom is -0.507 e. The monoisotopic (exact) mass is 191 g/mol. The molecule has 14 heavy (non-hydrogen) atoms. The number of hydrogen-bond acceptors (Lipinski definition) is 2. The van der Waals surface area contributed by atoms with E-state index in [1.807, 2.05) is 12.1 Å². The molecule has 0 aliphatic heterocycles. The number of rotatable bonds is 1. The van der Waals surface area contributed by atoms with E-state index in [0.717, 1.165) is 5.56 Å². The van der Waals surface area contributed by atoms with Crippen molar-refractivity contribution in [1.82, 2.24) is 0 Å². The highest BCUT2D eigenvalue weighted by Gasteiger charge is 2.14. The molecule has 0 aliphatic carbocycles. The summed E-state index contributed by atoms with van der Waals surface area (Å²) in [5, 5.41) is 9.54. The minimum absolute atomic E-state index is 0.101. The zero-order valence-corrected chi connectivity index (χ0v) is 9.20. The third kappa shape index (κ3) is 2.34. The molecule has 0 fully saturated rings. The molecule has 0 aliphatic rings. The van der Waals surface area contributed by atoms with E-state index in [1.54, 1.807) is 19.3 Å². The Hall–Kier alpha value is -1.31. The standard InChI is InChI=1S/C12H17NO/c1-12(2,3)10-5-6-11(14)9(7-10)8-13-4/h5-8,14H,1-4H3. The normalized spacial score (nSPS) is 12.3. The predicted octanol–water partition coefficient (Wildman–Crippen LogP) is 2.74. The molecule has 1 aromatic rings. The van der Waals surface area contributed by atoms with Crippen LogP contribution in [0.15, 0.2) is 23.2 Å². The molecule has 2 heteroatoms. The lowest BCUT2D eigenvalue weighted by Gasteiger charge is -2.19. The van der Waals surface area contributed by atoms with Gasteiger partial charge in [-0.15, -0.1) is 0 Å². The lowest BCUT2D eigenvalue weighted by molar-refractivity contribution is 0.473. The third-order valence-corrected chi connectivity index (χ3v) is 2.16. The highest BCUT2D eigenvalue weighted by molar-refractivity contribution is 5.83. The molecular weight excluding hydrogens is 174 g/mol. The SMILES string of the molecule is CN=Cc1cc(C(C)(C)C)ccc1O. The summed E-state index contributed by atoms with van der Waals surface area (Å²) in [7, 11) is 1.70. The lowest BCUT2D eigenvalue weighted by atomic mass is 9.86. The van der Waals surface area contributed by atoms with E-state index in [1.165, 1.54) is 5.56 Å². The van der Waals surface area contributed by atoms with E-state index in [-0.39, 0.29) is 11.2 Å². The molecule has 1 N–H and O–H groups in total. The fraction of sp³-hybridized carbons (Fsp3) is 0.417. The van der Waals surface area contributed by atoms with Gasteiger partial charge in [0.15, 0.2) is 0 Å². The lowest BCUT2D eigenvalue weighted by Crippen LogP contribution is -2.11. The molecule has 0 spiro atoms. The second-order valence-corrected chi connectivity index (χ2v) is 4.41. The van der Waals surface area contributed by atoms with Crippen LogP contribution in [0.3, 0.4) is 0 Å². The van der Waals surface area contributed by atoms with Gasteiger partial charge >= 0.3 is 0 Å². The van der Waals surface area contributed by atoms with Gasteiger partial charge in [-0.25, -0.2) is 0 Å². The van der Waals surface area contributed by atoms with Crippen LogP contribution in [0.2, 0.25) is 0 Å². The van der Waals surface area contributed by atoms with Crippen molar-refractivity contribution < 1.29 is 5.11 Å². The minimum atomic E-state index is 0.101. The molecule has 76 valence electrons. The Morgan fingerprint density at radius 3 is 2.43 bits per heavy atom. The molecule has 0 atom stereocenters. The average Bonchev–Trinajstić information content (AvgIpc) is 2.07. The van der Waals surface area contributed by atoms with Gasteiger partial charge < -0.3 is 5.11 Å². The van der Waals surface area contributed by atoms with Crippen molar-refractivity contribution in [1.29, 1.82) is 0 Å². The smallest absolute Gasteiger partial charge is 0.124 e. The molecule has 0 amide bonds. The van der Waals surface area contributed by atoms with E-state index in [9.17, 15) is 5.11 Å². The first-order chi connectivity index (χ1) is 6.45. The molecular formula is C12H17NO. The van der Waals surface area contributed by atoms with Gasteiger partial charge in [0.1, 0.15) is 5.75 Å². The Kier molecular flexibility index (Phi) is 2.94. The van der Waals surface area contributed by atoms with Gasteiger partial charge in [0.25, 0.3) is 0 Å². The van der Waals surface area contributed by atoms with Gasteiger partial charge in [-0.2, -0.15) is 0 Å². The van der Waals surface area contributed by atoms with Crippen LogP contribution in [0.25, 0.3) is 0 Å². The maximum Gasteiger partial charge on any atom is 0.124 e. The molecule has 1 aromatic carbocycles. The highest BCUT2D eigenvalue weighted by Crippen LogP contribution is 2.26. The van der Waals surface area contributed by atoms with Gasteiger partial charge in [0.05, 0.1) is 0 Å². The van der Waals surface area contributed by atoms with Crippen LogP contribution in [0.4, 0.5) is 0 Å². The molecule has 0 heterocycles. The largest absolute Gasteiger partial charge is 0.507 e. The molecule has 0 radical (unpaired) electrons. The predicted molar refractivity (Wildman–Crippen MR) is 60.3 cm³/mol. The summed E-state index contributed by atoms with van der Waals surface area (Å²) in [5.74, 6) is 0.281. The van der Waals surface area contributed by atoms with Gasteiger partial charge in [0.2, 0.25) is 0 Å². The van der Waals surface area contributed by atoms with Crippen molar-refractivity contribution in [3.05, 3.63) is 29.3 Å². The van der Waals surface area contributed by atoms with E-state index in [2.05, 4.69) is 25.8 Å². The Labute approximate surface area is 85.3 Å². The fourth-order valence-corrected chi connectivity index (χ4v) is 1.26. The quantitative estimate of drug-likeness (QED) is 0.680. The number of benzene rings is 1. The summed E-state index contributed by atoms with van der Waals surface area (Å²) >= 11 is 0. The fourth-order valence-electron chi connectivity index (χ4n) is 1.26. The summed E-state index contributed by atoms with van der Waals surface area (Å²) in [6.45, 7) is 6.44. The van der Waals surface area contributed by atoms with Gasteiger partial charge in [0, 0.05) is 18.8 Å². The van der Waals surface area contributed by atoms with Crippen LogP contribution in [0.1, 0.15) is 31.9 Å². The van der Waals surface area contributed by atoms with E-state index in [4.69, 9.17) is 0 Å². The first kappa shape index (κ1) is 10.8. The molecule has 0 saturated carbocycles. The van der Waals surface area contributed by atoms with Crippen LogP contribution >= 0.6 is 0 Å². The van der Waals surface area contributed by atoms with Crippen molar-refractivity contribution in [2.24, 2.45) is 4.99 Å². The van der Waals surface area contributed by atoms with Crippen LogP contribution in [0.5, 0.6) is 5.75 Å². The second-order valence-electron chi connectivity index (χ2n) is 4.41. The first-order valence-electron chi connectivity index (χ1n) is 4.71. The molecule has 0 unspecified atom stereocenters. The third-order valence-electron chi connectivity index (χ3n) is 2.16.